The second kappa shape index (κ2) is 8.67. The molecule has 0 radical (unpaired) electrons. The zero-order valence-electron chi connectivity index (χ0n) is 14.6. The summed E-state index contributed by atoms with van der Waals surface area (Å²) in [4.78, 5) is 16.6. The summed E-state index contributed by atoms with van der Waals surface area (Å²) in [7, 11) is 0. The molecule has 3 rings (SSSR count). The standard InChI is InChI=1S/C18H21ClFIN4O/c1-13-17(21)11-22-25(13)5-4-18(26)24-8-6-23(7-9-24)12-14-2-3-15(20)10-16(14)19/h2-3,10-11H,4-9,12H2,1H3. The summed E-state index contributed by atoms with van der Waals surface area (Å²) in [6.45, 7) is 6.28. The van der Waals surface area contributed by atoms with Crippen molar-refractivity contribution in [2.45, 2.75) is 26.4 Å². The molecule has 1 aromatic carbocycles. The molecule has 0 bridgehead atoms. The average Bonchev–Trinajstić information content (AvgIpc) is 2.94. The number of nitrogens with zero attached hydrogens (tertiary/aromatic N) is 4. The van der Waals surface area contributed by atoms with Crippen LogP contribution in [0.2, 0.25) is 5.02 Å². The van der Waals surface area contributed by atoms with Crippen LogP contribution < -0.4 is 0 Å². The van der Waals surface area contributed by atoms with Crippen LogP contribution in [0.5, 0.6) is 0 Å². The van der Waals surface area contributed by atoms with Gasteiger partial charge in [-0.05, 0) is 47.2 Å². The normalized spacial score (nSPS) is 15.5. The third-order valence-corrected chi connectivity index (χ3v) is 6.13. The van der Waals surface area contributed by atoms with Gasteiger partial charge in [0.1, 0.15) is 5.82 Å². The minimum atomic E-state index is -0.323. The first-order chi connectivity index (χ1) is 12.4. The number of amides is 1. The lowest BCUT2D eigenvalue weighted by Gasteiger charge is -2.35. The number of carbonyl (C=O) groups excluding carboxylic acids is 1. The van der Waals surface area contributed by atoms with Crippen LogP contribution in [0.15, 0.2) is 24.4 Å². The second-order valence-corrected chi connectivity index (χ2v) is 8.01. The molecule has 1 aliphatic heterocycles. The molecule has 1 aromatic heterocycles. The van der Waals surface area contributed by atoms with Gasteiger partial charge in [0.25, 0.3) is 0 Å². The van der Waals surface area contributed by atoms with Crippen LogP contribution in [0, 0.1) is 16.3 Å². The van der Waals surface area contributed by atoms with Crippen LogP contribution in [-0.2, 0) is 17.9 Å². The van der Waals surface area contributed by atoms with Gasteiger partial charge >= 0.3 is 0 Å². The van der Waals surface area contributed by atoms with Gasteiger partial charge < -0.3 is 4.90 Å². The van der Waals surface area contributed by atoms with Gasteiger partial charge in [-0.2, -0.15) is 5.10 Å². The van der Waals surface area contributed by atoms with Crippen molar-refractivity contribution in [1.82, 2.24) is 19.6 Å². The fraction of sp³-hybridized carbons (Fsp3) is 0.444. The Balaban J connectivity index is 1.47. The highest BCUT2D eigenvalue weighted by Crippen LogP contribution is 2.20. The maximum absolute atomic E-state index is 13.1. The molecule has 1 saturated heterocycles. The van der Waals surface area contributed by atoms with Crippen LogP contribution >= 0.6 is 34.2 Å². The Kier molecular flexibility index (Phi) is 6.52. The molecule has 140 valence electrons. The summed E-state index contributed by atoms with van der Waals surface area (Å²) in [5.74, 6) is -0.161. The molecule has 26 heavy (non-hydrogen) atoms. The fourth-order valence-electron chi connectivity index (χ4n) is 3.05. The second-order valence-electron chi connectivity index (χ2n) is 6.44. The lowest BCUT2D eigenvalue weighted by Crippen LogP contribution is -2.48. The number of piperazine rings is 1. The van der Waals surface area contributed by atoms with Gasteiger partial charge in [-0.1, -0.05) is 17.7 Å². The lowest BCUT2D eigenvalue weighted by molar-refractivity contribution is -0.133. The van der Waals surface area contributed by atoms with E-state index in [0.29, 0.717) is 37.6 Å². The third-order valence-electron chi connectivity index (χ3n) is 4.71. The topological polar surface area (TPSA) is 41.4 Å². The number of rotatable bonds is 5. The summed E-state index contributed by atoms with van der Waals surface area (Å²) in [5.41, 5.74) is 2.01. The molecule has 1 amide bonds. The predicted octanol–water partition coefficient (Wildman–Crippen LogP) is 3.32. The molecule has 8 heteroatoms. The number of benzene rings is 1. The summed E-state index contributed by atoms with van der Waals surface area (Å²) in [5, 5.41) is 4.75. The number of aryl methyl sites for hydroxylation is 1. The summed E-state index contributed by atoms with van der Waals surface area (Å²) in [6.07, 6.45) is 2.28. The SMILES string of the molecule is Cc1c(I)cnn1CCC(=O)N1CCN(Cc2ccc(F)cc2Cl)CC1. The summed E-state index contributed by atoms with van der Waals surface area (Å²) >= 11 is 8.35. The molecule has 1 fully saturated rings. The molecule has 2 heterocycles. The van der Waals surface area contributed by atoms with Gasteiger partial charge in [-0.3, -0.25) is 14.4 Å². The van der Waals surface area contributed by atoms with E-state index in [1.54, 1.807) is 6.07 Å². The van der Waals surface area contributed by atoms with E-state index in [4.69, 9.17) is 11.6 Å². The van der Waals surface area contributed by atoms with Crippen LogP contribution in [0.1, 0.15) is 17.7 Å². The van der Waals surface area contributed by atoms with Crippen molar-refractivity contribution in [1.29, 1.82) is 0 Å². The third kappa shape index (κ3) is 4.75. The minimum absolute atomic E-state index is 0.161. The summed E-state index contributed by atoms with van der Waals surface area (Å²) in [6, 6.07) is 4.50. The van der Waals surface area contributed by atoms with Gasteiger partial charge in [-0.15, -0.1) is 0 Å². The highest BCUT2D eigenvalue weighted by molar-refractivity contribution is 14.1. The first-order valence-corrected chi connectivity index (χ1v) is 10.0. The smallest absolute Gasteiger partial charge is 0.224 e. The average molecular weight is 491 g/mol. The Morgan fingerprint density at radius 1 is 1.31 bits per heavy atom. The van der Waals surface area contributed by atoms with Crippen molar-refractivity contribution in [2.24, 2.45) is 0 Å². The van der Waals surface area contributed by atoms with E-state index in [0.717, 1.165) is 27.9 Å². The Bertz CT molecular complexity index is 789. The monoisotopic (exact) mass is 490 g/mol. The molecule has 0 N–H and O–H groups in total. The molecule has 0 atom stereocenters. The Morgan fingerprint density at radius 2 is 2.04 bits per heavy atom. The Labute approximate surface area is 171 Å². The quantitative estimate of drug-likeness (QED) is 0.604. The van der Waals surface area contributed by atoms with E-state index in [9.17, 15) is 9.18 Å². The fourth-order valence-corrected chi connectivity index (χ4v) is 3.68. The molecule has 0 saturated carbocycles. The predicted molar refractivity (Wildman–Crippen MR) is 108 cm³/mol. The van der Waals surface area contributed by atoms with Gasteiger partial charge in [0.15, 0.2) is 0 Å². The van der Waals surface area contributed by atoms with Gasteiger partial charge in [-0.25, -0.2) is 4.39 Å². The zero-order chi connectivity index (χ0) is 18.7. The van der Waals surface area contributed by atoms with E-state index < -0.39 is 0 Å². The first kappa shape index (κ1) is 19.6. The van der Waals surface area contributed by atoms with Gasteiger partial charge in [0, 0.05) is 56.4 Å². The first-order valence-electron chi connectivity index (χ1n) is 8.56. The van der Waals surface area contributed by atoms with Gasteiger partial charge in [0.05, 0.1) is 9.77 Å². The molecular formula is C18H21ClFIN4O. The molecule has 1 aliphatic rings. The number of hydrogen-bond donors (Lipinski definition) is 0. The lowest BCUT2D eigenvalue weighted by atomic mass is 10.2. The van der Waals surface area contributed by atoms with E-state index in [1.807, 2.05) is 22.7 Å². The number of halogens is 3. The highest BCUT2D eigenvalue weighted by Gasteiger charge is 2.21. The molecule has 2 aromatic rings. The van der Waals surface area contributed by atoms with Crippen molar-refractivity contribution in [3.63, 3.8) is 0 Å². The van der Waals surface area contributed by atoms with Crippen LogP contribution in [0.3, 0.4) is 0 Å². The van der Waals surface area contributed by atoms with Gasteiger partial charge in [0.2, 0.25) is 5.91 Å². The van der Waals surface area contributed by atoms with Crippen molar-refractivity contribution < 1.29 is 9.18 Å². The van der Waals surface area contributed by atoms with Crippen LogP contribution in [0.25, 0.3) is 0 Å². The molecule has 0 aliphatic carbocycles. The Hall–Kier alpha value is -1.19. The van der Waals surface area contributed by atoms with Crippen molar-refractivity contribution in [3.8, 4) is 0 Å². The molecular weight excluding hydrogens is 470 g/mol. The van der Waals surface area contributed by atoms with Crippen LogP contribution in [0.4, 0.5) is 4.39 Å². The van der Waals surface area contributed by atoms with Crippen LogP contribution in [-0.4, -0.2) is 51.7 Å². The minimum Gasteiger partial charge on any atom is -0.340 e. The number of hydrogen-bond acceptors (Lipinski definition) is 3. The molecule has 5 nitrogen and oxygen atoms in total. The van der Waals surface area contributed by atoms with Crippen molar-refractivity contribution >= 4 is 40.1 Å². The number of aromatic nitrogens is 2. The zero-order valence-corrected chi connectivity index (χ0v) is 17.5. The molecule has 0 unspecified atom stereocenters. The maximum atomic E-state index is 13.1. The maximum Gasteiger partial charge on any atom is 0.224 e. The van der Waals surface area contributed by atoms with E-state index in [1.165, 1.54) is 12.1 Å². The van der Waals surface area contributed by atoms with E-state index >= 15 is 0 Å². The van der Waals surface area contributed by atoms with E-state index in [-0.39, 0.29) is 11.7 Å². The largest absolute Gasteiger partial charge is 0.340 e. The molecule has 0 spiro atoms. The Morgan fingerprint density at radius 3 is 2.65 bits per heavy atom. The highest BCUT2D eigenvalue weighted by atomic mass is 127. The van der Waals surface area contributed by atoms with Crippen molar-refractivity contribution in [2.75, 3.05) is 26.2 Å². The van der Waals surface area contributed by atoms with E-state index in [2.05, 4.69) is 32.6 Å². The van der Waals surface area contributed by atoms with Crippen molar-refractivity contribution in [3.05, 3.63) is 50.1 Å². The summed E-state index contributed by atoms with van der Waals surface area (Å²) < 4.78 is 16.1. The number of carbonyl (C=O) groups is 1.